The Morgan fingerprint density at radius 1 is 0.750 bits per heavy atom. The highest BCUT2D eigenvalue weighted by molar-refractivity contribution is 5.93. The van der Waals surface area contributed by atoms with Gasteiger partial charge in [0.2, 0.25) is 0 Å². The molecule has 0 atom stereocenters. The molecule has 40 heavy (non-hydrogen) atoms. The number of unbranched alkanes of at least 4 members (excludes halogenated alkanes) is 9. The van der Waals surface area contributed by atoms with E-state index in [2.05, 4.69) is 6.58 Å². The lowest BCUT2D eigenvalue weighted by atomic mass is 10.1. The molecule has 0 saturated heterocycles. The minimum absolute atomic E-state index is 0.272. The molecule has 216 valence electrons. The lowest BCUT2D eigenvalue weighted by Crippen LogP contribution is -2.09. The van der Waals surface area contributed by atoms with E-state index in [1.807, 2.05) is 0 Å². The molecule has 0 aliphatic carbocycles. The van der Waals surface area contributed by atoms with Crippen LogP contribution in [0.5, 0.6) is 5.75 Å². The Labute approximate surface area is 237 Å². The summed E-state index contributed by atoms with van der Waals surface area (Å²) in [6, 6.07) is 11.3. The number of ether oxygens (including phenoxy) is 3. The van der Waals surface area contributed by atoms with Gasteiger partial charge in [0.25, 0.3) is 0 Å². The number of hydrogen-bond donors (Lipinski definition) is 2. The second-order valence-corrected chi connectivity index (χ2v) is 9.80. The maximum absolute atomic E-state index is 12.3. The van der Waals surface area contributed by atoms with Crippen LogP contribution in [0.25, 0.3) is 6.08 Å². The molecule has 0 spiro atoms. The van der Waals surface area contributed by atoms with Gasteiger partial charge in [-0.25, -0.2) is 14.4 Å². The maximum Gasteiger partial charge on any atom is 0.343 e. The van der Waals surface area contributed by atoms with E-state index in [-0.39, 0.29) is 17.5 Å². The summed E-state index contributed by atoms with van der Waals surface area (Å²) in [7, 11) is 0. The molecule has 0 unspecified atom stereocenters. The predicted octanol–water partition coefficient (Wildman–Crippen LogP) is 6.65. The molecular formula is C32H42N2O6. The van der Waals surface area contributed by atoms with Gasteiger partial charge in [0, 0.05) is 23.0 Å². The Morgan fingerprint density at radius 3 is 1.77 bits per heavy atom. The van der Waals surface area contributed by atoms with Crippen molar-refractivity contribution in [1.29, 1.82) is 0 Å². The van der Waals surface area contributed by atoms with E-state index in [1.165, 1.54) is 43.9 Å². The average molecular weight is 551 g/mol. The van der Waals surface area contributed by atoms with Crippen LogP contribution < -0.4 is 16.2 Å². The molecule has 0 radical (unpaired) electrons. The van der Waals surface area contributed by atoms with Gasteiger partial charge in [-0.2, -0.15) is 0 Å². The molecule has 2 rings (SSSR count). The van der Waals surface area contributed by atoms with Crippen molar-refractivity contribution < 1.29 is 28.6 Å². The van der Waals surface area contributed by atoms with Gasteiger partial charge in [-0.15, -0.1) is 0 Å². The molecule has 8 heteroatoms. The van der Waals surface area contributed by atoms with Crippen molar-refractivity contribution in [3.8, 4) is 5.75 Å². The Hall–Kier alpha value is -4.07. The number of nitrogens with two attached hydrogens (primary N) is 2. The average Bonchev–Trinajstić information content (AvgIpc) is 2.92. The molecule has 0 heterocycles. The summed E-state index contributed by atoms with van der Waals surface area (Å²) in [6.45, 7) is 6.10. The largest absolute Gasteiger partial charge is 0.463 e. The predicted molar refractivity (Wildman–Crippen MR) is 159 cm³/mol. The van der Waals surface area contributed by atoms with Crippen LogP contribution in [0, 0.1) is 0 Å². The molecule has 4 N–H and O–H groups in total. The molecule has 0 aromatic heterocycles. The van der Waals surface area contributed by atoms with E-state index >= 15 is 0 Å². The fraction of sp³-hybridized carbons (Fsp3) is 0.406. The van der Waals surface area contributed by atoms with Crippen molar-refractivity contribution in [1.82, 2.24) is 0 Å². The summed E-state index contributed by atoms with van der Waals surface area (Å²) >= 11 is 0. The first-order valence-corrected chi connectivity index (χ1v) is 13.9. The van der Waals surface area contributed by atoms with E-state index < -0.39 is 5.97 Å². The molecule has 0 fully saturated rings. The van der Waals surface area contributed by atoms with Crippen LogP contribution in [0.2, 0.25) is 0 Å². The summed E-state index contributed by atoms with van der Waals surface area (Å²) < 4.78 is 15.7. The van der Waals surface area contributed by atoms with Crippen LogP contribution in [0.4, 0.5) is 11.4 Å². The Balaban J connectivity index is 1.49. The Kier molecular flexibility index (Phi) is 14.7. The fourth-order valence-corrected chi connectivity index (χ4v) is 3.90. The van der Waals surface area contributed by atoms with Gasteiger partial charge in [-0.3, -0.25) is 0 Å². The SMILES string of the molecule is C=C(C)C(=O)OCCCCCCCCCCCCOC(=O)C=Cc1ccc(OC(=O)c2cc(N)cc(N)c2)cc1. The van der Waals surface area contributed by atoms with Gasteiger partial charge in [0.05, 0.1) is 18.8 Å². The third-order valence-corrected chi connectivity index (χ3v) is 6.08. The summed E-state index contributed by atoms with van der Waals surface area (Å²) in [6.07, 6.45) is 14.0. The summed E-state index contributed by atoms with van der Waals surface area (Å²) in [5, 5.41) is 0. The normalized spacial score (nSPS) is 10.8. The minimum atomic E-state index is -0.557. The number of esters is 3. The lowest BCUT2D eigenvalue weighted by Gasteiger charge is -2.06. The van der Waals surface area contributed by atoms with Crippen molar-refractivity contribution in [2.24, 2.45) is 0 Å². The molecular weight excluding hydrogens is 508 g/mol. The molecule has 0 aliphatic heterocycles. The Morgan fingerprint density at radius 2 is 1.25 bits per heavy atom. The molecule has 0 saturated carbocycles. The van der Waals surface area contributed by atoms with Gasteiger partial charge >= 0.3 is 17.9 Å². The summed E-state index contributed by atoms with van der Waals surface area (Å²) in [5.74, 6) is -0.884. The number of carbonyl (C=O) groups is 3. The van der Waals surface area contributed by atoms with Crippen LogP contribution in [0.3, 0.4) is 0 Å². The smallest absolute Gasteiger partial charge is 0.343 e. The zero-order valence-electron chi connectivity index (χ0n) is 23.5. The number of hydrogen-bond acceptors (Lipinski definition) is 8. The van der Waals surface area contributed by atoms with Crippen LogP contribution in [-0.4, -0.2) is 31.1 Å². The first kappa shape index (κ1) is 32.1. The van der Waals surface area contributed by atoms with E-state index in [1.54, 1.807) is 43.3 Å². The zero-order valence-corrected chi connectivity index (χ0v) is 23.5. The molecule has 0 bridgehead atoms. The highest BCUT2D eigenvalue weighted by Crippen LogP contribution is 2.18. The monoisotopic (exact) mass is 550 g/mol. The molecule has 0 amide bonds. The standard InChI is InChI=1S/C32H42N2O6/c1-24(2)31(36)39-20-12-10-8-6-4-3-5-7-9-11-19-38-30(35)18-15-25-13-16-29(17-14-25)40-32(37)26-21-27(33)23-28(34)22-26/h13-18,21-23H,1,3-12,19-20,33-34H2,2H3. The number of carbonyl (C=O) groups excluding carboxylic acids is 3. The fourth-order valence-electron chi connectivity index (χ4n) is 3.90. The van der Waals surface area contributed by atoms with Crippen molar-refractivity contribution in [2.75, 3.05) is 24.7 Å². The number of benzene rings is 2. The zero-order chi connectivity index (χ0) is 29.2. The third-order valence-electron chi connectivity index (χ3n) is 6.08. The summed E-state index contributed by atoms with van der Waals surface area (Å²) in [4.78, 5) is 35.5. The van der Waals surface area contributed by atoms with Crippen molar-refractivity contribution >= 4 is 35.4 Å². The first-order valence-electron chi connectivity index (χ1n) is 13.9. The first-order chi connectivity index (χ1) is 19.2. The van der Waals surface area contributed by atoms with Crippen LogP contribution in [0.15, 0.2) is 60.7 Å². The molecule has 0 aliphatic rings. The van der Waals surface area contributed by atoms with Gasteiger partial charge in [0.15, 0.2) is 0 Å². The minimum Gasteiger partial charge on any atom is -0.463 e. The highest BCUT2D eigenvalue weighted by Gasteiger charge is 2.10. The Bertz CT molecular complexity index is 1120. The van der Waals surface area contributed by atoms with Crippen LogP contribution in [-0.2, 0) is 19.1 Å². The number of rotatable bonds is 18. The van der Waals surface area contributed by atoms with E-state index in [9.17, 15) is 14.4 Å². The van der Waals surface area contributed by atoms with Crippen molar-refractivity contribution in [3.05, 3.63) is 71.8 Å². The van der Waals surface area contributed by atoms with Crippen LogP contribution in [0.1, 0.15) is 87.1 Å². The maximum atomic E-state index is 12.3. The van der Waals surface area contributed by atoms with Crippen LogP contribution >= 0.6 is 0 Å². The molecule has 2 aromatic carbocycles. The van der Waals surface area contributed by atoms with Gasteiger partial charge in [-0.1, -0.05) is 70.1 Å². The molecule has 8 nitrogen and oxygen atoms in total. The van der Waals surface area contributed by atoms with Crippen molar-refractivity contribution in [3.63, 3.8) is 0 Å². The second-order valence-electron chi connectivity index (χ2n) is 9.80. The lowest BCUT2D eigenvalue weighted by molar-refractivity contribution is -0.139. The van der Waals surface area contributed by atoms with Gasteiger partial charge in [-0.05, 0) is 61.7 Å². The van der Waals surface area contributed by atoms with E-state index in [0.717, 1.165) is 44.1 Å². The van der Waals surface area contributed by atoms with Gasteiger partial charge in [0.1, 0.15) is 5.75 Å². The highest BCUT2D eigenvalue weighted by atomic mass is 16.5. The third kappa shape index (κ3) is 13.6. The quantitative estimate of drug-likeness (QED) is 0.0694. The number of nitrogen functional groups attached to an aromatic ring is 2. The van der Waals surface area contributed by atoms with Crippen molar-refractivity contribution in [2.45, 2.75) is 71.1 Å². The molecule has 2 aromatic rings. The summed E-state index contributed by atoms with van der Waals surface area (Å²) in [5.41, 5.74) is 13.7. The van der Waals surface area contributed by atoms with Gasteiger partial charge < -0.3 is 25.7 Å². The second kappa shape index (κ2) is 18.3. The number of anilines is 2. The topological polar surface area (TPSA) is 131 Å². The van der Waals surface area contributed by atoms with E-state index in [4.69, 9.17) is 25.7 Å². The van der Waals surface area contributed by atoms with E-state index in [0.29, 0.717) is 35.9 Å².